The van der Waals surface area contributed by atoms with Crippen LogP contribution in [0.5, 0.6) is 5.75 Å². The van der Waals surface area contributed by atoms with Crippen LogP contribution in [0.3, 0.4) is 0 Å². The maximum atomic E-state index is 13.0. The van der Waals surface area contributed by atoms with E-state index < -0.39 is 8.03 Å². The highest BCUT2D eigenvalue weighted by Gasteiger charge is 2.34. The quantitative estimate of drug-likeness (QED) is 0.273. The van der Waals surface area contributed by atoms with Crippen molar-refractivity contribution in [1.29, 1.82) is 0 Å². The average molecular weight is 441 g/mol. The van der Waals surface area contributed by atoms with E-state index in [-0.39, 0.29) is 10.8 Å². The molecule has 2 aromatic carbocycles. The van der Waals surface area contributed by atoms with Crippen LogP contribution in [0.4, 0.5) is 0 Å². The Kier molecular flexibility index (Phi) is 7.74. The van der Waals surface area contributed by atoms with Crippen molar-refractivity contribution in [3.05, 3.63) is 47.5 Å². The highest BCUT2D eigenvalue weighted by molar-refractivity contribution is 7.49. The second-order valence-electron chi connectivity index (χ2n) is 10.5. The maximum Gasteiger partial charge on any atom is 0.266 e. The molecule has 0 saturated carbocycles. The lowest BCUT2D eigenvalue weighted by molar-refractivity contribution is 0.424. The maximum absolute atomic E-state index is 13.0. The Bertz CT molecular complexity index is 927. The van der Waals surface area contributed by atoms with Gasteiger partial charge in [0.05, 0.1) is 5.30 Å². The summed E-state index contributed by atoms with van der Waals surface area (Å²) < 4.78 is 19.2. The average Bonchev–Trinajstić information content (AvgIpc) is 2.73. The Morgan fingerprint density at radius 1 is 0.806 bits per heavy atom. The number of hydrogen-bond donors (Lipinski definition) is 0. The van der Waals surface area contributed by atoms with Gasteiger partial charge in [0.2, 0.25) is 0 Å². The van der Waals surface area contributed by atoms with Gasteiger partial charge in [0.1, 0.15) is 5.75 Å². The molecule has 2 aromatic rings. The molecule has 0 bridgehead atoms. The molecule has 0 aliphatic carbocycles. The third-order valence-corrected chi connectivity index (χ3v) is 8.31. The van der Waals surface area contributed by atoms with Crippen LogP contribution in [0.25, 0.3) is 11.1 Å². The summed E-state index contributed by atoms with van der Waals surface area (Å²) in [4.78, 5) is 0. The molecule has 0 saturated heterocycles. The molecule has 0 spiro atoms. The summed E-state index contributed by atoms with van der Waals surface area (Å²) in [5, 5.41) is 0.857. The van der Waals surface area contributed by atoms with Crippen LogP contribution in [0.15, 0.2) is 36.4 Å². The van der Waals surface area contributed by atoms with Crippen molar-refractivity contribution in [2.45, 2.75) is 104 Å². The number of hydrogen-bond acceptors (Lipinski definition) is 2. The van der Waals surface area contributed by atoms with Crippen molar-refractivity contribution >= 4 is 13.3 Å². The minimum Gasteiger partial charge on any atom is -0.441 e. The van der Waals surface area contributed by atoms with Crippen molar-refractivity contribution in [1.82, 2.24) is 0 Å². The predicted octanol–water partition coefficient (Wildman–Crippen LogP) is 8.56. The zero-order chi connectivity index (χ0) is 22.6. The first-order valence-corrected chi connectivity index (χ1v) is 13.5. The van der Waals surface area contributed by atoms with E-state index >= 15 is 0 Å². The number of unbranched alkanes of at least 4 members (excludes halogenated alkanes) is 4. The number of benzene rings is 2. The van der Waals surface area contributed by atoms with Gasteiger partial charge in [-0.25, -0.2) is 0 Å². The fourth-order valence-electron chi connectivity index (χ4n) is 4.79. The lowest BCUT2D eigenvalue weighted by atomic mass is 9.73. The van der Waals surface area contributed by atoms with E-state index in [0.29, 0.717) is 0 Å². The van der Waals surface area contributed by atoms with Crippen molar-refractivity contribution < 1.29 is 9.09 Å². The highest BCUT2D eigenvalue weighted by Crippen LogP contribution is 2.50. The lowest BCUT2D eigenvalue weighted by Gasteiger charge is -2.35. The summed E-state index contributed by atoms with van der Waals surface area (Å²) >= 11 is 0. The van der Waals surface area contributed by atoms with Gasteiger partial charge in [-0.1, -0.05) is 104 Å². The summed E-state index contributed by atoms with van der Waals surface area (Å²) in [5.74, 6) is 0.859. The Balaban J connectivity index is 2.15. The van der Waals surface area contributed by atoms with Crippen LogP contribution in [0.1, 0.15) is 104 Å². The standard InChI is InChI=1S/C28H41O2P/c1-7-9-13-17-27(3,4)21-19-23-22-15-11-12-16-25(22)31(29)30-26(23)24(20-21)28(5,6)18-14-10-8-2/h11-12,15-16,19-20,31H,7-10,13-14,17-18H2,1-6H3. The topological polar surface area (TPSA) is 26.3 Å². The molecule has 1 aliphatic heterocycles. The second kappa shape index (κ2) is 9.95. The Labute approximate surface area is 190 Å². The van der Waals surface area contributed by atoms with Crippen molar-refractivity contribution in [3.8, 4) is 16.9 Å². The molecule has 0 amide bonds. The smallest absolute Gasteiger partial charge is 0.266 e. The largest absolute Gasteiger partial charge is 0.441 e. The van der Waals surface area contributed by atoms with Crippen LogP contribution < -0.4 is 9.83 Å². The van der Waals surface area contributed by atoms with Crippen LogP contribution in [0, 0.1) is 0 Å². The van der Waals surface area contributed by atoms with E-state index in [2.05, 4.69) is 59.7 Å². The molecule has 31 heavy (non-hydrogen) atoms. The van der Waals surface area contributed by atoms with Crippen LogP contribution in [0.2, 0.25) is 0 Å². The van der Waals surface area contributed by atoms with Crippen molar-refractivity contribution in [2.24, 2.45) is 0 Å². The van der Waals surface area contributed by atoms with Crippen LogP contribution in [-0.4, -0.2) is 0 Å². The fourth-order valence-corrected chi connectivity index (χ4v) is 5.97. The summed E-state index contributed by atoms with van der Waals surface area (Å²) in [7, 11) is -2.28. The van der Waals surface area contributed by atoms with E-state index in [1.165, 1.54) is 56.1 Å². The minimum atomic E-state index is -2.28. The second-order valence-corrected chi connectivity index (χ2v) is 11.8. The Morgan fingerprint density at radius 2 is 1.42 bits per heavy atom. The van der Waals surface area contributed by atoms with E-state index in [1.807, 2.05) is 18.2 Å². The molecule has 1 unspecified atom stereocenters. The molecule has 1 heterocycles. The van der Waals surface area contributed by atoms with Gasteiger partial charge in [-0.15, -0.1) is 0 Å². The van der Waals surface area contributed by atoms with E-state index in [1.54, 1.807) is 0 Å². The molecular formula is C28H41O2P. The third-order valence-electron chi connectivity index (χ3n) is 7.04. The van der Waals surface area contributed by atoms with Gasteiger partial charge in [0.15, 0.2) is 0 Å². The first-order chi connectivity index (χ1) is 14.7. The summed E-state index contributed by atoms with van der Waals surface area (Å²) in [5.41, 5.74) is 4.89. The monoisotopic (exact) mass is 440 g/mol. The molecule has 1 aliphatic rings. The molecule has 1 atom stereocenters. The van der Waals surface area contributed by atoms with Gasteiger partial charge in [-0.05, 0) is 46.9 Å². The molecule has 0 aromatic heterocycles. The van der Waals surface area contributed by atoms with Crippen molar-refractivity contribution in [2.75, 3.05) is 0 Å². The molecular weight excluding hydrogens is 399 g/mol. The highest BCUT2D eigenvalue weighted by atomic mass is 31.1. The molecule has 0 radical (unpaired) electrons. The fraction of sp³-hybridized carbons (Fsp3) is 0.571. The van der Waals surface area contributed by atoms with Crippen LogP contribution in [-0.2, 0) is 15.4 Å². The van der Waals surface area contributed by atoms with Gasteiger partial charge >= 0.3 is 0 Å². The van der Waals surface area contributed by atoms with E-state index in [9.17, 15) is 4.57 Å². The summed E-state index contributed by atoms with van der Waals surface area (Å²) in [6, 6.07) is 12.8. The predicted molar refractivity (Wildman–Crippen MR) is 135 cm³/mol. The van der Waals surface area contributed by atoms with Gasteiger partial charge in [-0.3, -0.25) is 4.57 Å². The molecule has 2 nitrogen and oxygen atoms in total. The lowest BCUT2D eigenvalue weighted by Crippen LogP contribution is -2.24. The normalized spacial score (nSPS) is 15.9. The SMILES string of the molecule is CCCCCC(C)(C)c1cc2c(c(C(C)(C)CCCCC)c1)O[PH](=O)c1ccccc1-2. The summed E-state index contributed by atoms with van der Waals surface area (Å²) in [6.45, 7) is 13.9. The van der Waals surface area contributed by atoms with E-state index in [0.717, 1.165) is 28.6 Å². The number of rotatable bonds is 10. The zero-order valence-corrected chi connectivity index (χ0v) is 21.4. The zero-order valence-electron chi connectivity index (χ0n) is 20.4. The van der Waals surface area contributed by atoms with Gasteiger partial charge in [-0.2, -0.15) is 0 Å². The third kappa shape index (κ3) is 5.28. The molecule has 0 N–H and O–H groups in total. The number of fused-ring (bicyclic) bond motifs is 3. The van der Waals surface area contributed by atoms with Crippen molar-refractivity contribution in [3.63, 3.8) is 0 Å². The molecule has 3 heteroatoms. The molecule has 0 fully saturated rings. The first kappa shape index (κ1) is 24.1. The molecule has 170 valence electrons. The van der Waals surface area contributed by atoms with Gasteiger partial charge < -0.3 is 4.52 Å². The van der Waals surface area contributed by atoms with E-state index in [4.69, 9.17) is 4.52 Å². The first-order valence-electron chi connectivity index (χ1n) is 12.2. The summed E-state index contributed by atoms with van der Waals surface area (Å²) in [6.07, 6.45) is 9.71. The Hall–Kier alpha value is -1.53. The van der Waals surface area contributed by atoms with Gasteiger partial charge in [0.25, 0.3) is 8.03 Å². The van der Waals surface area contributed by atoms with Crippen LogP contribution >= 0.6 is 8.03 Å². The Morgan fingerprint density at radius 3 is 2.06 bits per heavy atom. The molecule has 3 rings (SSSR count). The minimum absolute atomic E-state index is 0.0246. The van der Waals surface area contributed by atoms with Gasteiger partial charge in [0, 0.05) is 11.1 Å².